The first kappa shape index (κ1) is 17.8. The molecule has 1 aliphatic carbocycles. The predicted octanol–water partition coefficient (Wildman–Crippen LogP) is 3.99. The van der Waals surface area contributed by atoms with Crippen LogP contribution in [0, 0.1) is 6.92 Å². The molecule has 0 saturated heterocycles. The highest BCUT2D eigenvalue weighted by Crippen LogP contribution is 2.39. The summed E-state index contributed by atoms with van der Waals surface area (Å²) in [6.07, 6.45) is 5.33. The van der Waals surface area contributed by atoms with Crippen LogP contribution in [-0.4, -0.2) is 24.9 Å². The number of anilines is 1. The summed E-state index contributed by atoms with van der Waals surface area (Å²) >= 11 is 1.50. The maximum absolute atomic E-state index is 13.3. The van der Waals surface area contributed by atoms with Gasteiger partial charge in [-0.05, 0) is 38.2 Å². The summed E-state index contributed by atoms with van der Waals surface area (Å²) in [5, 5.41) is 3.49. The van der Waals surface area contributed by atoms with Crippen molar-refractivity contribution in [3.05, 3.63) is 63.4 Å². The van der Waals surface area contributed by atoms with E-state index in [1.165, 1.54) is 22.5 Å². The number of benzene rings is 1. The van der Waals surface area contributed by atoms with Crippen molar-refractivity contribution in [2.45, 2.75) is 32.6 Å². The van der Waals surface area contributed by atoms with Crippen LogP contribution in [0.2, 0.25) is 0 Å². The van der Waals surface area contributed by atoms with Gasteiger partial charge in [0.2, 0.25) is 5.76 Å². The Bertz CT molecular complexity index is 911. The smallest absolute Gasteiger partial charge is 0.294 e. The number of fused-ring (bicyclic) bond motifs is 1. The predicted molar refractivity (Wildman–Crippen MR) is 104 cm³/mol. The molecule has 1 N–H and O–H groups in total. The molecule has 140 valence electrons. The molecule has 1 aliphatic heterocycles. The highest BCUT2D eigenvalue weighted by atomic mass is 32.1. The summed E-state index contributed by atoms with van der Waals surface area (Å²) in [6, 6.07) is 7.55. The van der Waals surface area contributed by atoms with Crippen molar-refractivity contribution in [1.82, 2.24) is 0 Å². The lowest BCUT2D eigenvalue weighted by Gasteiger charge is -2.15. The number of carbonyl (C=O) groups is 2. The molecule has 1 aromatic carbocycles. The van der Waals surface area contributed by atoms with Gasteiger partial charge in [0, 0.05) is 10.4 Å². The molecule has 0 radical (unpaired) electrons. The second-order valence-electron chi connectivity index (χ2n) is 6.77. The van der Waals surface area contributed by atoms with Crippen LogP contribution >= 0.6 is 11.3 Å². The third-order valence-electron chi connectivity index (χ3n) is 4.81. The summed E-state index contributed by atoms with van der Waals surface area (Å²) < 4.78 is 10.5. The van der Waals surface area contributed by atoms with E-state index >= 15 is 0 Å². The first-order valence-electron chi connectivity index (χ1n) is 9.15. The maximum Gasteiger partial charge on any atom is 0.294 e. The molecule has 2 aromatic rings. The molecule has 6 heteroatoms. The molecule has 5 nitrogen and oxygen atoms in total. The molecule has 0 unspecified atom stereocenters. The minimum absolute atomic E-state index is 0.0421. The number of rotatable bonds is 4. The molecule has 1 amide bonds. The van der Waals surface area contributed by atoms with Crippen LogP contribution in [0.1, 0.15) is 44.8 Å². The molecule has 0 fully saturated rings. The van der Waals surface area contributed by atoms with Gasteiger partial charge in [0.15, 0.2) is 5.78 Å². The molecule has 2 aliphatic rings. The molecule has 0 saturated carbocycles. The number of carbonyl (C=O) groups excluding carboxylic acids is 2. The van der Waals surface area contributed by atoms with Crippen LogP contribution in [0.25, 0.3) is 0 Å². The topological polar surface area (TPSA) is 64.6 Å². The zero-order chi connectivity index (χ0) is 18.8. The summed E-state index contributed by atoms with van der Waals surface area (Å²) in [5.74, 6) is -0.285. The second kappa shape index (κ2) is 7.56. The SMILES string of the molecule is Cc1ccc(C(=O)c2c(NC(=O)C3=COCCO3)sc3c2CCCC3)cc1. The van der Waals surface area contributed by atoms with E-state index in [4.69, 9.17) is 9.47 Å². The van der Waals surface area contributed by atoms with Crippen molar-refractivity contribution in [3.63, 3.8) is 0 Å². The van der Waals surface area contributed by atoms with E-state index in [1.54, 1.807) is 0 Å². The van der Waals surface area contributed by atoms with Crippen molar-refractivity contribution in [2.24, 2.45) is 0 Å². The fourth-order valence-corrected chi connectivity index (χ4v) is 4.68. The molecule has 1 aromatic heterocycles. The second-order valence-corrected chi connectivity index (χ2v) is 7.87. The zero-order valence-electron chi connectivity index (χ0n) is 15.2. The average Bonchev–Trinajstić information content (AvgIpc) is 3.06. The Morgan fingerprint density at radius 1 is 1.07 bits per heavy atom. The van der Waals surface area contributed by atoms with Crippen LogP contribution in [0.3, 0.4) is 0 Å². The number of ketones is 1. The molecular weight excluding hydrogens is 362 g/mol. The molecule has 0 bridgehead atoms. The number of amides is 1. The van der Waals surface area contributed by atoms with Gasteiger partial charge in [0.25, 0.3) is 5.91 Å². The fraction of sp³-hybridized carbons (Fsp3) is 0.333. The normalized spacial score (nSPS) is 15.8. The number of aryl methyl sites for hydroxylation is 2. The Balaban J connectivity index is 1.69. The largest absolute Gasteiger partial charge is 0.494 e. The number of nitrogens with one attached hydrogen (secondary N) is 1. The first-order valence-corrected chi connectivity index (χ1v) is 9.97. The van der Waals surface area contributed by atoms with Crippen molar-refractivity contribution in [3.8, 4) is 0 Å². The van der Waals surface area contributed by atoms with E-state index in [9.17, 15) is 9.59 Å². The van der Waals surface area contributed by atoms with E-state index in [0.29, 0.717) is 29.3 Å². The van der Waals surface area contributed by atoms with Crippen LogP contribution in [0.15, 0.2) is 36.3 Å². The highest BCUT2D eigenvalue weighted by molar-refractivity contribution is 7.17. The lowest BCUT2D eigenvalue weighted by atomic mass is 9.91. The lowest BCUT2D eigenvalue weighted by Crippen LogP contribution is -2.21. The van der Waals surface area contributed by atoms with Gasteiger partial charge in [0.05, 0.1) is 5.56 Å². The van der Waals surface area contributed by atoms with Gasteiger partial charge in [-0.1, -0.05) is 29.8 Å². The third kappa shape index (κ3) is 3.62. The minimum Gasteiger partial charge on any atom is -0.494 e. The van der Waals surface area contributed by atoms with E-state index in [0.717, 1.165) is 36.8 Å². The Morgan fingerprint density at radius 3 is 2.59 bits per heavy atom. The van der Waals surface area contributed by atoms with Crippen LogP contribution in [0.4, 0.5) is 5.00 Å². The average molecular weight is 383 g/mol. The van der Waals surface area contributed by atoms with Gasteiger partial charge >= 0.3 is 0 Å². The molecular formula is C21H21NO4S. The van der Waals surface area contributed by atoms with Gasteiger partial charge in [-0.3, -0.25) is 9.59 Å². The Hall–Kier alpha value is -2.60. The maximum atomic E-state index is 13.3. The monoisotopic (exact) mass is 383 g/mol. The number of ether oxygens (including phenoxy) is 2. The Labute approximate surface area is 162 Å². The van der Waals surface area contributed by atoms with Crippen molar-refractivity contribution in [1.29, 1.82) is 0 Å². The van der Waals surface area contributed by atoms with E-state index in [1.807, 2.05) is 31.2 Å². The number of thiophene rings is 1. The van der Waals surface area contributed by atoms with Gasteiger partial charge in [-0.15, -0.1) is 11.3 Å². The molecule has 0 atom stereocenters. The van der Waals surface area contributed by atoms with Crippen LogP contribution in [-0.2, 0) is 27.1 Å². The fourth-order valence-electron chi connectivity index (χ4n) is 3.40. The van der Waals surface area contributed by atoms with Crippen molar-refractivity contribution in [2.75, 3.05) is 18.5 Å². The van der Waals surface area contributed by atoms with Gasteiger partial charge in [0.1, 0.15) is 24.5 Å². The highest BCUT2D eigenvalue weighted by Gasteiger charge is 2.28. The van der Waals surface area contributed by atoms with Crippen molar-refractivity contribution < 1.29 is 19.1 Å². The molecule has 4 rings (SSSR count). The van der Waals surface area contributed by atoms with Gasteiger partial charge in [-0.25, -0.2) is 0 Å². The molecule has 2 heterocycles. The van der Waals surface area contributed by atoms with E-state index < -0.39 is 0 Å². The number of hydrogen-bond donors (Lipinski definition) is 1. The quantitative estimate of drug-likeness (QED) is 0.811. The van der Waals surface area contributed by atoms with E-state index in [-0.39, 0.29) is 17.4 Å². The van der Waals surface area contributed by atoms with Crippen molar-refractivity contribution >= 4 is 28.0 Å². The van der Waals surface area contributed by atoms with Crippen LogP contribution < -0.4 is 5.32 Å². The summed E-state index contributed by atoms with van der Waals surface area (Å²) in [5.41, 5.74) is 3.46. The summed E-state index contributed by atoms with van der Waals surface area (Å²) in [4.78, 5) is 27.0. The first-order chi connectivity index (χ1) is 13.1. The molecule has 27 heavy (non-hydrogen) atoms. The standard InChI is InChI=1S/C21H21NO4S/c1-13-6-8-14(9-7-13)19(23)18-15-4-2-3-5-17(15)27-21(18)22-20(24)16-12-25-10-11-26-16/h6-9,12H,2-5,10-11H2,1H3,(H,22,24). The summed E-state index contributed by atoms with van der Waals surface area (Å²) in [6.45, 7) is 2.77. The van der Waals surface area contributed by atoms with Crippen LogP contribution in [0.5, 0.6) is 0 Å². The summed E-state index contributed by atoms with van der Waals surface area (Å²) in [7, 11) is 0. The van der Waals surface area contributed by atoms with Gasteiger partial charge in [-0.2, -0.15) is 0 Å². The number of hydrogen-bond acceptors (Lipinski definition) is 5. The zero-order valence-corrected chi connectivity index (χ0v) is 16.0. The minimum atomic E-state index is -0.383. The van der Waals surface area contributed by atoms with Gasteiger partial charge < -0.3 is 14.8 Å². The molecule has 0 spiro atoms. The lowest BCUT2D eigenvalue weighted by molar-refractivity contribution is -0.117. The third-order valence-corrected chi connectivity index (χ3v) is 6.02. The Kier molecular flexibility index (Phi) is 4.99. The van der Waals surface area contributed by atoms with E-state index in [2.05, 4.69) is 5.32 Å². The Morgan fingerprint density at radius 2 is 1.85 bits per heavy atom.